The van der Waals surface area contributed by atoms with E-state index in [2.05, 4.69) is 20.4 Å². The zero-order valence-electron chi connectivity index (χ0n) is 19.2. The van der Waals surface area contributed by atoms with Crippen molar-refractivity contribution in [1.29, 1.82) is 0 Å². The molecule has 0 spiro atoms. The zero-order chi connectivity index (χ0) is 25.5. The molecule has 3 N–H and O–H groups in total. The number of carbonyl (C=O) groups is 1. The van der Waals surface area contributed by atoms with E-state index < -0.39 is 23.5 Å². The lowest BCUT2D eigenvalue weighted by molar-refractivity contribution is -0.140. The quantitative estimate of drug-likeness (QED) is 0.497. The van der Waals surface area contributed by atoms with Gasteiger partial charge in [0.25, 0.3) is 0 Å². The van der Waals surface area contributed by atoms with Crippen molar-refractivity contribution in [2.24, 2.45) is 11.7 Å². The van der Waals surface area contributed by atoms with E-state index in [0.29, 0.717) is 44.3 Å². The van der Waals surface area contributed by atoms with Crippen molar-refractivity contribution in [3.8, 4) is 11.6 Å². The summed E-state index contributed by atoms with van der Waals surface area (Å²) < 4.78 is 65.0. The van der Waals surface area contributed by atoms with Crippen molar-refractivity contribution < 1.29 is 36.9 Å². The number of alkyl halides is 3. The van der Waals surface area contributed by atoms with Gasteiger partial charge in [0.05, 0.1) is 43.0 Å². The standard InChI is InChI=1S/C22H23F3N6O5/c1-33-21(2-3-34-11-21)16-4-13(36-10-12-8-35-9-12)5-18(28-16)31-15-6-17(29-20(26)32)27-7-14(15)19(30-31)22(23,24)25/h4-7,12H,2-3,8-11H2,1H3,(H3,26,27,29,32)/t21-/m0/s1. The average Bonchev–Trinajstić information content (AvgIpc) is 3.43. The van der Waals surface area contributed by atoms with Gasteiger partial charge in [-0.2, -0.15) is 18.3 Å². The molecule has 0 aromatic carbocycles. The molecule has 2 fully saturated rings. The maximum atomic E-state index is 13.8. The Bertz CT molecular complexity index is 1290. The van der Waals surface area contributed by atoms with Crippen LogP contribution >= 0.6 is 0 Å². The first-order chi connectivity index (χ1) is 17.2. The largest absolute Gasteiger partial charge is 0.493 e. The predicted octanol–water partition coefficient (Wildman–Crippen LogP) is 2.61. The maximum absolute atomic E-state index is 13.8. The van der Waals surface area contributed by atoms with Crippen LogP contribution in [0.3, 0.4) is 0 Å². The Labute approximate surface area is 202 Å². The number of amides is 2. The summed E-state index contributed by atoms with van der Waals surface area (Å²) in [6, 6.07) is 3.52. The van der Waals surface area contributed by atoms with Gasteiger partial charge in [-0.1, -0.05) is 0 Å². The SMILES string of the molecule is CO[C@@]1(c2cc(OCC3COC3)cc(-n3nc(C(F)(F)F)c4cnc(NC(N)=O)cc43)n2)CCOC1. The number of nitrogens with zero attached hydrogens (tertiary/aromatic N) is 4. The van der Waals surface area contributed by atoms with Crippen LogP contribution in [-0.4, -0.2) is 65.9 Å². The Kier molecular flexibility index (Phi) is 6.18. The van der Waals surface area contributed by atoms with Crippen molar-refractivity contribution >= 4 is 22.8 Å². The van der Waals surface area contributed by atoms with Crippen molar-refractivity contribution in [3.63, 3.8) is 0 Å². The number of pyridine rings is 2. The predicted molar refractivity (Wildman–Crippen MR) is 119 cm³/mol. The minimum absolute atomic E-state index is 0.0122. The average molecular weight is 508 g/mol. The molecule has 3 aromatic rings. The molecule has 2 aliphatic rings. The minimum atomic E-state index is -4.77. The molecule has 5 rings (SSSR count). The number of methoxy groups -OCH3 is 1. The van der Waals surface area contributed by atoms with Crippen molar-refractivity contribution in [2.75, 3.05) is 45.5 Å². The fraction of sp³-hybridized carbons (Fsp3) is 0.455. The highest BCUT2D eigenvalue weighted by molar-refractivity contribution is 5.91. The fourth-order valence-corrected chi connectivity index (χ4v) is 4.11. The molecule has 0 aliphatic carbocycles. The number of anilines is 1. The van der Waals surface area contributed by atoms with Crippen LogP contribution in [0.4, 0.5) is 23.8 Å². The number of nitrogens with one attached hydrogen (secondary N) is 1. The summed E-state index contributed by atoms with van der Waals surface area (Å²) in [6.45, 7) is 2.17. The van der Waals surface area contributed by atoms with Gasteiger partial charge in [-0.25, -0.2) is 19.4 Å². The van der Waals surface area contributed by atoms with Crippen molar-refractivity contribution in [1.82, 2.24) is 19.7 Å². The van der Waals surface area contributed by atoms with Gasteiger partial charge in [0.1, 0.15) is 17.2 Å². The van der Waals surface area contributed by atoms with E-state index in [-0.39, 0.29) is 35.1 Å². The van der Waals surface area contributed by atoms with Gasteiger partial charge in [-0.3, -0.25) is 5.32 Å². The topological polar surface area (TPSA) is 136 Å². The number of halogens is 3. The lowest BCUT2D eigenvalue weighted by atomic mass is 9.97. The molecule has 5 heterocycles. The van der Waals surface area contributed by atoms with Crippen molar-refractivity contribution in [3.05, 3.63) is 35.8 Å². The minimum Gasteiger partial charge on any atom is -0.493 e. The number of aromatic nitrogens is 4. The maximum Gasteiger partial charge on any atom is 0.435 e. The first-order valence-corrected chi connectivity index (χ1v) is 11.1. The summed E-state index contributed by atoms with van der Waals surface area (Å²) in [6.07, 6.45) is -3.29. The third kappa shape index (κ3) is 4.54. The van der Waals surface area contributed by atoms with E-state index in [9.17, 15) is 18.0 Å². The van der Waals surface area contributed by atoms with Crippen LogP contribution in [0.15, 0.2) is 24.4 Å². The highest BCUT2D eigenvalue weighted by Gasteiger charge is 2.40. The molecule has 2 saturated heterocycles. The van der Waals surface area contributed by atoms with E-state index >= 15 is 0 Å². The highest BCUT2D eigenvalue weighted by atomic mass is 19.4. The summed E-state index contributed by atoms with van der Waals surface area (Å²) in [5.41, 5.74) is 3.54. The number of carbonyl (C=O) groups excluding carboxylic acids is 1. The number of primary amides is 1. The Balaban J connectivity index is 1.66. The molecule has 0 radical (unpaired) electrons. The van der Waals surface area contributed by atoms with Crippen LogP contribution < -0.4 is 15.8 Å². The van der Waals surface area contributed by atoms with Crippen LogP contribution in [0.25, 0.3) is 16.7 Å². The third-order valence-corrected chi connectivity index (χ3v) is 6.12. The number of nitrogens with two attached hydrogens (primary N) is 1. The molecule has 14 heteroatoms. The summed E-state index contributed by atoms with van der Waals surface area (Å²) in [5.74, 6) is 0.617. The second-order valence-electron chi connectivity index (χ2n) is 8.60. The van der Waals surface area contributed by atoms with Gasteiger partial charge in [0, 0.05) is 50.5 Å². The van der Waals surface area contributed by atoms with Gasteiger partial charge in [-0.05, 0) is 0 Å². The Hall–Kier alpha value is -3.49. The number of rotatable bonds is 7. The molecule has 3 aromatic heterocycles. The molecule has 36 heavy (non-hydrogen) atoms. The molecule has 0 bridgehead atoms. The number of fused-ring (bicyclic) bond motifs is 1. The second kappa shape index (κ2) is 9.19. The Morgan fingerprint density at radius 3 is 2.72 bits per heavy atom. The van der Waals surface area contributed by atoms with Crippen LogP contribution in [0.1, 0.15) is 17.8 Å². The van der Waals surface area contributed by atoms with E-state index in [4.69, 9.17) is 24.7 Å². The normalized spacial score (nSPS) is 20.4. The van der Waals surface area contributed by atoms with Crippen LogP contribution in [0.2, 0.25) is 0 Å². The number of ether oxygens (including phenoxy) is 4. The molecular formula is C22H23F3N6O5. The van der Waals surface area contributed by atoms with E-state index in [1.165, 1.54) is 19.2 Å². The fourth-order valence-electron chi connectivity index (χ4n) is 4.11. The highest BCUT2D eigenvalue weighted by Crippen LogP contribution is 2.38. The van der Waals surface area contributed by atoms with Gasteiger partial charge in [0.15, 0.2) is 11.5 Å². The molecule has 11 nitrogen and oxygen atoms in total. The van der Waals surface area contributed by atoms with E-state index in [0.717, 1.165) is 10.9 Å². The molecule has 1 atom stereocenters. The van der Waals surface area contributed by atoms with E-state index in [1.807, 2.05) is 0 Å². The first kappa shape index (κ1) is 24.2. The molecule has 0 unspecified atom stereocenters. The monoisotopic (exact) mass is 508 g/mol. The first-order valence-electron chi connectivity index (χ1n) is 11.1. The van der Waals surface area contributed by atoms with Crippen molar-refractivity contribution in [2.45, 2.75) is 18.2 Å². The van der Waals surface area contributed by atoms with Gasteiger partial charge >= 0.3 is 12.2 Å². The van der Waals surface area contributed by atoms with E-state index in [1.54, 1.807) is 6.07 Å². The number of urea groups is 1. The number of hydrogen-bond acceptors (Lipinski definition) is 8. The lowest BCUT2D eigenvalue weighted by Crippen LogP contribution is -2.33. The summed E-state index contributed by atoms with van der Waals surface area (Å²) >= 11 is 0. The van der Waals surface area contributed by atoms with Crippen LogP contribution in [0, 0.1) is 5.92 Å². The van der Waals surface area contributed by atoms with Gasteiger partial charge in [0.2, 0.25) is 0 Å². The van der Waals surface area contributed by atoms with Gasteiger partial charge in [-0.15, -0.1) is 0 Å². The summed E-state index contributed by atoms with van der Waals surface area (Å²) in [5, 5.41) is 5.82. The van der Waals surface area contributed by atoms with Crippen LogP contribution in [-0.2, 0) is 26.0 Å². The summed E-state index contributed by atoms with van der Waals surface area (Å²) in [7, 11) is 1.52. The van der Waals surface area contributed by atoms with Crippen LogP contribution in [0.5, 0.6) is 5.75 Å². The Morgan fingerprint density at radius 1 is 1.31 bits per heavy atom. The second-order valence-corrected chi connectivity index (χ2v) is 8.60. The number of hydrogen-bond donors (Lipinski definition) is 2. The molecule has 192 valence electrons. The summed E-state index contributed by atoms with van der Waals surface area (Å²) in [4.78, 5) is 19.8. The third-order valence-electron chi connectivity index (χ3n) is 6.12. The zero-order valence-corrected chi connectivity index (χ0v) is 19.2. The smallest absolute Gasteiger partial charge is 0.435 e. The lowest BCUT2D eigenvalue weighted by Gasteiger charge is -2.28. The molecule has 2 amide bonds. The molecule has 2 aliphatic heterocycles. The Morgan fingerprint density at radius 2 is 2.11 bits per heavy atom. The van der Waals surface area contributed by atoms with Gasteiger partial charge < -0.3 is 24.7 Å². The molecule has 0 saturated carbocycles. The molecular weight excluding hydrogens is 485 g/mol.